The number of benzene rings is 2. The zero-order chi connectivity index (χ0) is 49.3. The van der Waals surface area contributed by atoms with Crippen molar-refractivity contribution in [2.45, 2.75) is 130 Å². The van der Waals surface area contributed by atoms with Gasteiger partial charge in [-0.3, -0.25) is 19.3 Å². The average Bonchev–Trinajstić information content (AvgIpc) is 3.46. The highest BCUT2D eigenvalue weighted by Gasteiger charge is 2.59. The molecule has 352 valence electrons. The average molecular weight is 977 g/mol. The molecule has 2 heterocycles. The van der Waals surface area contributed by atoms with E-state index in [-0.39, 0.29) is 21.5 Å². The number of likely N-dealkylation sites (N-methyl/N-ethyl adjacent to an activating group) is 2. The lowest BCUT2D eigenvalue weighted by molar-refractivity contribution is -0.176. The molecule has 2 aromatic carbocycles. The largest absolute Gasteiger partial charge is 0.534 e. The first-order valence-electron chi connectivity index (χ1n) is 19.4. The van der Waals surface area contributed by atoms with Crippen LogP contribution >= 0.6 is 46.4 Å². The van der Waals surface area contributed by atoms with Gasteiger partial charge in [0, 0.05) is 35.3 Å². The van der Waals surface area contributed by atoms with E-state index >= 15 is 0 Å². The van der Waals surface area contributed by atoms with E-state index in [1.54, 1.807) is 107 Å². The summed E-state index contributed by atoms with van der Waals surface area (Å²) in [6.07, 6.45) is -4.58. The number of hydroxylamine groups is 4. The van der Waals surface area contributed by atoms with E-state index in [2.05, 4.69) is 10.2 Å². The Morgan fingerprint density at radius 2 is 0.812 bits per heavy atom. The van der Waals surface area contributed by atoms with Crippen LogP contribution in [0.15, 0.2) is 46.6 Å². The van der Waals surface area contributed by atoms with Crippen LogP contribution in [0.4, 0.5) is 19.2 Å². The Balaban J connectivity index is 0.000000340. The number of halogens is 4. The third kappa shape index (κ3) is 13.0. The molecule has 18 nitrogen and oxygen atoms in total. The Morgan fingerprint density at radius 3 is 1.06 bits per heavy atom. The van der Waals surface area contributed by atoms with Crippen molar-refractivity contribution in [1.82, 2.24) is 20.1 Å². The summed E-state index contributed by atoms with van der Waals surface area (Å²) >= 11 is 24.7. The fourth-order valence-electron chi connectivity index (χ4n) is 5.69. The van der Waals surface area contributed by atoms with E-state index in [1.165, 1.54) is 40.1 Å². The summed E-state index contributed by atoms with van der Waals surface area (Å²) in [5, 5.41) is 12.7. The molecule has 2 aliphatic heterocycles. The number of amides is 4. The van der Waals surface area contributed by atoms with E-state index in [4.69, 9.17) is 75.0 Å². The Morgan fingerprint density at radius 1 is 0.531 bits per heavy atom. The molecular formula is C42H54Cl4N6O12. The van der Waals surface area contributed by atoms with Crippen LogP contribution in [0.1, 0.15) is 108 Å². The van der Waals surface area contributed by atoms with Crippen LogP contribution in [0, 0.1) is 0 Å². The van der Waals surface area contributed by atoms with E-state index in [1.807, 2.05) is 0 Å². The quantitative estimate of drug-likeness (QED) is 0.160. The molecule has 2 aliphatic rings. The van der Waals surface area contributed by atoms with Crippen molar-refractivity contribution < 1.29 is 57.4 Å². The van der Waals surface area contributed by atoms with Gasteiger partial charge in [0.05, 0.1) is 10.0 Å². The highest BCUT2D eigenvalue weighted by atomic mass is 35.5. The maximum Gasteiger partial charge on any atom is 0.534 e. The molecule has 4 amide bonds. The van der Waals surface area contributed by atoms with Gasteiger partial charge in [0.2, 0.25) is 11.1 Å². The van der Waals surface area contributed by atoms with Crippen molar-refractivity contribution >= 4 is 94.1 Å². The molecule has 0 saturated heterocycles. The number of carbonyl (C=O) groups is 6. The molecule has 0 N–H and O–H groups in total. The lowest BCUT2D eigenvalue weighted by Gasteiger charge is -2.36. The predicted octanol–water partition coefficient (Wildman–Crippen LogP) is 10.1. The van der Waals surface area contributed by atoms with Crippen molar-refractivity contribution in [1.29, 1.82) is 0 Å². The van der Waals surface area contributed by atoms with E-state index in [0.717, 1.165) is 10.0 Å². The molecule has 0 aliphatic carbocycles. The van der Waals surface area contributed by atoms with E-state index in [0.29, 0.717) is 31.3 Å². The van der Waals surface area contributed by atoms with Gasteiger partial charge in [0.15, 0.2) is 0 Å². The van der Waals surface area contributed by atoms with Gasteiger partial charge in [-0.2, -0.15) is 10.2 Å². The number of hydrazone groups is 2. The molecule has 0 spiro atoms. The highest BCUT2D eigenvalue weighted by molar-refractivity contribution is 6.40. The minimum absolute atomic E-state index is 0.0566. The fraction of sp³-hybridized carbons (Fsp3) is 0.524. The minimum atomic E-state index is -1.91. The van der Waals surface area contributed by atoms with Gasteiger partial charge >= 0.3 is 24.5 Å². The van der Waals surface area contributed by atoms with Crippen molar-refractivity contribution in [3.63, 3.8) is 0 Å². The maximum atomic E-state index is 13.2. The number of ether oxygens (including phenoxy) is 4. The lowest BCUT2D eigenvalue weighted by Crippen LogP contribution is -2.61. The summed E-state index contributed by atoms with van der Waals surface area (Å²) in [7, 11) is 2.80. The van der Waals surface area contributed by atoms with Gasteiger partial charge in [-0.05, 0) is 133 Å². The third-order valence-electron chi connectivity index (χ3n) is 8.26. The van der Waals surface area contributed by atoms with Crippen LogP contribution in [0.5, 0.6) is 0 Å². The van der Waals surface area contributed by atoms with Crippen LogP contribution in [0.2, 0.25) is 20.1 Å². The van der Waals surface area contributed by atoms with E-state index < -0.39 is 69.8 Å². The van der Waals surface area contributed by atoms with Gasteiger partial charge < -0.3 is 18.9 Å². The van der Waals surface area contributed by atoms with Gasteiger partial charge in [-0.1, -0.05) is 46.4 Å². The van der Waals surface area contributed by atoms with Crippen LogP contribution in [0.3, 0.4) is 0 Å². The molecule has 0 bridgehead atoms. The summed E-state index contributed by atoms with van der Waals surface area (Å²) in [4.78, 5) is 88.1. The zero-order valence-corrected chi connectivity index (χ0v) is 41.6. The van der Waals surface area contributed by atoms with Crippen LogP contribution in [0.25, 0.3) is 0 Å². The topological polar surface area (TPSA) is 195 Å². The highest BCUT2D eigenvalue weighted by Crippen LogP contribution is 2.37. The normalized spacial score (nSPS) is 18.9. The van der Waals surface area contributed by atoms with Crippen molar-refractivity contribution in [3.8, 4) is 0 Å². The first-order valence-corrected chi connectivity index (χ1v) is 21.0. The van der Waals surface area contributed by atoms with Crippen molar-refractivity contribution in [3.05, 3.63) is 67.6 Å². The fourth-order valence-corrected chi connectivity index (χ4v) is 6.69. The summed E-state index contributed by atoms with van der Waals surface area (Å²) in [6, 6.07) is 9.15. The Labute approximate surface area is 392 Å². The minimum Gasteiger partial charge on any atom is -0.442 e. The van der Waals surface area contributed by atoms with Crippen molar-refractivity contribution in [2.75, 3.05) is 14.1 Å². The van der Waals surface area contributed by atoms with Gasteiger partial charge in [0.25, 0.3) is 11.8 Å². The smallest absolute Gasteiger partial charge is 0.442 e. The molecule has 64 heavy (non-hydrogen) atoms. The number of rotatable bonds is 4. The molecule has 0 fully saturated rings. The third-order valence-corrected chi connectivity index (χ3v) is 9.35. The molecule has 0 aromatic heterocycles. The second-order valence-corrected chi connectivity index (χ2v) is 20.3. The summed E-state index contributed by atoms with van der Waals surface area (Å²) in [5.41, 5.74) is -6.80. The predicted molar refractivity (Wildman–Crippen MR) is 239 cm³/mol. The van der Waals surface area contributed by atoms with Crippen LogP contribution in [-0.2, 0) is 38.2 Å². The number of hydrogen-bond acceptors (Lipinski definition) is 14. The molecule has 2 atom stereocenters. The SMILES string of the molecule is CN1N=C(c2ccc(Cl)cc2Cl)C(C)(N(OC(=O)OC(C)(C)C)C(=O)OC(C)(C)C)C1=O.CN1N=C(c2ccc(Cl)cc2Cl)C(C)(N(OC(=O)OC(C)(C)C)C(=O)OC(C)(C)C)C1=O. The van der Waals surface area contributed by atoms with Gasteiger partial charge in [-0.15, -0.1) is 10.1 Å². The second kappa shape index (κ2) is 19.2. The lowest BCUT2D eigenvalue weighted by atomic mass is 9.90. The second-order valence-electron chi connectivity index (χ2n) is 18.6. The first-order chi connectivity index (χ1) is 28.9. The zero-order valence-electron chi connectivity index (χ0n) is 38.6. The Kier molecular flexibility index (Phi) is 16.0. The maximum absolute atomic E-state index is 13.2. The number of hydrogen-bond donors (Lipinski definition) is 0. The van der Waals surface area contributed by atoms with E-state index in [9.17, 15) is 28.8 Å². The molecule has 0 radical (unpaired) electrons. The molecule has 4 rings (SSSR count). The Hall–Kier alpha value is -5.04. The molecule has 2 aromatic rings. The first kappa shape index (κ1) is 53.3. The van der Waals surface area contributed by atoms with Gasteiger partial charge in [-0.25, -0.2) is 29.2 Å². The molecule has 22 heteroatoms. The summed E-state index contributed by atoms with van der Waals surface area (Å²) in [6.45, 7) is 22.3. The number of carbonyl (C=O) groups excluding carboxylic acids is 6. The molecule has 0 saturated carbocycles. The monoisotopic (exact) mass is 974 g/mol. The molecule has 2 unspecified atom stereocenters. The summed E-state index contributed by atoms with van der Waals surface area (Å²) in [5.74, 6) is -1.32. The van der Waals surface area contributed by atoms with Crippen LogP contribution < -0.4 is 0 Å². The van der Waals surface area contributed by atoms with Crippen LogP contribution in [-0.4, -0.2) is 115 Å². The number of nitrogens with zero attached hydrogens (tertiary/aromatic N) is 6. The Bertz CT molecular complexity index is 2090. The standard InChI is InChI=1S/2C21H27Cl2N3O6/c2*1-19(2,3)30-17(28)26(32-18(29)31-20(4,5)6)21(7)15(24-25(8)16(21)27)13-10-9-12(22)11-14(13)23/h2*9-11H,1-8H3. The molecular weight excluding hydrogens is 922 g/mol. The van der Waals surface area contributed by atoms with Crippen molar-refractivity contribution in [2.24, 2.45) is 10.2 Å². The summed E-state index contributed by atoms with van der Waals surface area (Å²) < 4.78 is 21.2. The van der Waals surface area contributed by atoms with Gasteiger partial charge in [0.1, 0.15) is 33.8 Å².